The molecule has 1 aromatic carbocycles. The third kappa shape index (κ3) is 3.91. The number of H-pyrrole nitrogens is 1. The van der Waals surface area contributed by atoms with Crippen molar-refractivity contribution in [2.75, 3.05) is 6.61 Å². The van der Waals surface area contributed by atoms with E-state index in [2.05, 4.69) is 10.1 Å². The highest BCUT2D eigenvalue weighted by molar-refractivity contribution is 5.58. The minimum atomic E-state index is -1.19. The van der Waals surface area contributed by atoms with Gasteiger partial charge in [-0.25, -0.2) is 4.79 Å². The molecule has 0 amide bonds. The molecule has 4 rings (SSSR count). The predicted molar refractivity (Wildman–Crippen MR) is 98.8 cm³/mol. The number of hydrogen-bond acceptors (Lipinski definition) is 8. The summed E-state index contributed by atoms with van der Waals surface area (Å²) in [7, 11) is 0. The molecule has 152 valence electrons. The van der Waals surface area contributed by atoms with E-state index in [1.54, 1.807) is 6.07 Å². The molecule has 2 aromatic heterocycles. The maximum Gasteiger partial charge on any atom is 0.330 e. The van der Waals surface area contributed by atoms with Gasteiger partial charge < -0.3 is 24.2 Å². The zero-order valence-corrected chi connectivity index (χ0v) is 15.2. The number of aliphatic hydroxyl groups is 2. The Kier molecular flexibility index (Phi) is 5.41. The number of nitrogens with zero attached hydrogens (tertiary/aromatic N) is 2. The summed E-state index contributed by atoms with van der Waals surface area (Å²) in [5.41, 5.74) is 0.239. The van der Waals surface area contributed by atoms with E-state index in [0.717, 1.165) is 16.2 Å². The minimum absolute atomic E-state index is 0.0440. The van der Waals surface area contributed by atoms with Crippen molar-refractivity contribution in [2.45, 2.75) is 31.1 Å². The number of aliphatic hydroxyl groups excluding tert-OH is 2. The second-order valence-electron chi connectivity index (χ2n) is 6.58. The molecule has 0 radical (unpaired) electrons. The first-order valence-electron chi connectivity index (χ1n) is 8.95. The molecule has 4 atom stereocenters. The molecule has 0 saturated carbocycles. The fourth-order valence-corrected chi connectivity index (χ4v) is 3.21. The first kappa shape index (κ1) is 19.3. The lowest BCUT2D eigenvalue weighted by Gasteiger charge is -2.21. The van der Waals surface area contributed by atoms with E-state index < -0.39 is 42.4 Å². The van der Waals surface area contributed by atoms with Crippen molar-refractivity contribution in [3.05, 3.63) is 75.3 Å². The number of rotatable bonds is 6. The molecule has 10 heteroatoms. The molecule has 3 N–H and O–H groups in total. The Morgan fingerprint density at radius 3 is 2.72 bits per heavy atom. The summed E-state index contributed by atoms with van der Waals surface area (Å²) in [6.07, 6.45) is -2.92. The first-order valence-corrected chi connectivity index (χ1v) is 8.95. The molecule has 10 nitrogen and oxygen atoms in total. The summed E-state index contributed by atoms with van der Waals surface area (Å²) in [5.74, 6) is 0.413. The van der Waals surface area contributed by atoms with Gasteiger partial charge in [-0.3, -0.25) is 14.3 Å². The van der Waals surface area contributed by atoms with Crippen molar-refractivity contribution < 1.29 is 24.2 Å². The van der Waals surface area contributed by atoms with Crippen LogP contribution in [0.3, 0.4) is 0 Å². The summed E-state index contributed by atoms with van der Waals surface area (Å²) in [4.78, 5) is 25.5. The Morgan fingerprint density at radius 1 is 1.21 bits per heavy atom. The highest BCUT2D eigenvalue weighted by Gasteiger charge is 2.45. The normalized spacial score (nSPS) is 24.1. The van der Waals surface area contributed by atoms with Crippen LogP contribution < -0.4 is 11.2 Å². The highest BCUT2D eigenvalue weighted by Crippen LogP contribution is 2.31. The Morgan fingerprint density at radius 2 is 2.00 bits per heavy atom. The Bertz CT molecular complexity index is 1070. The quantitative estimate of drug-likeness (QED) is 0.526. The lowest BCUT2D eigenvalue weighted by molar-refractivity contribution is -0.0832. The van der Waals surface area contributed by atoms with Crippen molar-refractivity contribution in [3.63, 3.8) is 0 Å². The van der Waals surface area contributed by atoms with Crippen LogP contribution in [0.1, 0.15) is 12.0 Å². The van der Waals surface area contributed by atoms with Gasteiger partial charge in [-0.15, -0.1) is 0 Å². The van der Waals surface area contributed by atoms with Crippen molar-refractivity contribution >= 4 is 0 Å². The second kappa shape index (κ2) is 8.13. The SMILES string of the molecule is O=c1ccn([C@@H]2O[C@H](CO)[C@@H](O)[C@H]2OCc2cc(-c3ccccc3)no2)c(=O)[nH]1. The van der Waals surface area contributed by atoms with Gasteiger partial charge in [-0.05, 0) is 0 Å². The third-order valence-corrected chi connectivity index (χ3v) is 4.66. The zero-order chi connectivity index (χ0) is 20.4. The number of aromatic amines is 1. The molecule has 1 saturated heterocycles. The van der Waals surface area contributed by atoms with E-state index in [1.807, 2.05) is 30.3 Å². The lowest BCUT2D eigenvalue weighted by atomic mass is 10.1. The minimum Gasteiger partial charge on any atom is -0.394 e. The van der Waals surface area contributed by atoms with Crippen molar-refractivity contribution in [1.82, 2.24) is 14.7 Å². The number of benzene rings is 1. The zero-order valence-electron chi connectivity index (χ0n) is 15.2. The topological polar surface area (TPSA) is 140 Å². The van der Waals surface area contributed by atoms with Gasteiger partial charge in [-0.1, -0.05) is 35.5 Å². The van der Waals surface area contributed by atoms with Crippen molar-refractivity contribution in [3.8, 4) is 11.3 Å². The van der Waals surface area contributed by atoms with E-state index in [-0.39, 0.29) is 6.61 Å². The van der Waals surface area contributed by atoms with Crippen LogP contribution in [-0.2, 0) is 16.1 Å². The Labute approximate surface area is 163 Å². The van der Waals surface area contributed by atoms with Gasteiger partial charge >= 0.3 is 5.69 Å². The molecule has 0 aliphatic carbocycles. The maximum atomic E-state index is 12.1. The highest BCUT2D eigenvalue weighted by atomic mass is 16.6. The molecule has 29 heavy (non-hydrogen) atoms. The third-order valence-electron chi connectivity index (χ3n) is 4.66. The average molecular weight is 401 g/mol. The Balaban J connectivity index is 1.53. The van der Waals surface area contributed by atoms with Gasteiger partial charge in [0.1, 0.15) is 30.6 Å². The Hall–Kier alpha value is -3.05. The van der Waals surface area contributed by atoms with Gasteiger partial charge in [-0.2, -0.15) is 0 Å². The molecule has 0 bridgehead atoms. The largest absolute Gasteiger partial charge is 0.394 e. The van der Waals surface area contributed by atoms with Crippen LogP contribution in [0.15, 0.2) is 62.8 Å². The van der Waals surface area contributed by atoms with Crippen LogP contribution in [-0.4, -0.2) is 49.8 Å². The van der Waals surface area contributed by atoms with Crippen molar-refractivity contribution in [1.29, 1.82) is 0 Å². The number of hydrogen-bond donors (Lipinski definition) is 3. The fourth-order valence-electron chi connectivity index (χ4n) is 3.21. The number of aromatic nitrogens is 3. The standard InChI is InChI=1S/C19H19N3O7/c23-9-14-16(25)17(18(28-14)22-7-6-15(24)20-19(22)26)27-10-12-8-13(21-29-12)11-4-2-1-3-5-11/h1-8,14,16-18,23,25H,9-10H2,(H,20,24,26)/t14-,16-,17-,18-/m1/s1. The van der Waals surface area contributed by atoms with Crippen LogP contribution in [0.5, 0.6) is 0 Å². The van der Waals surface area contributed by atoms with Gasteiger partial charge in [0, 0.05) is 23.9 Å². The van der Waals surface area contributed by atoms with Crippen LogP contribution in [0.25, 0.3) is 11.3 Å². The predicted octanol–water partition coefficient (Wildman–Crippen LogP) is 0.0276. The summed E-state index contributed by atoms with van der Waals surface area (Å²) < 4.78 is 17.7. The molecule has 1 fully saturated rings. The average Bonchev–Trinajstić information content (AvgIpc) is 3.32. The van der Waals surface area contributed by atoms with Gasteiger partial charge in [0.05, 0.1) is 6.61 Å². The molecular formula is C19H19N3O7. The molecule has 1 aliphatic rings. The fraction of sp³-hybridized carbons (Fsp3) is 0.316. The molecular weight excluding hydrogens is 382 g/mol. The number of ether oxygens (including phenoxy) is 2. The molecule has 0 unspecified atom stereocenters. The van der Waals surface area contributed by atoms with E-state index >= 15 is 0 Å². The van der Waals surface area contributed by atoms with E-state index in [9.17, 15) is 19.8 Å². The second-order valence-corrected chi connectivity index (χ2v) is 6.58. The van der Waals surface area contributed by atoms with Crippen LogP contribution in [0.4, 0.5) is 0 Å². The molecule has 3 aromatic rings. The van der Waals surface area contributed by atoms with Crippen molar-refractivity contribution in [2.24, 2.45) is 0 Å². The number of nitrogens with one attached hydrogen (secondary N) is 1. The summed E-state index contributed by atoms with van der Waals surface area (Å²) >= 11 is 0. The van der Waals surface area contributed by atoms with Crippen LogP contribution in [0.2, 0.25) is 0 Å². The lowest BCUT2D eigenvalue weighted by Crippen LogP contribution is -2.39. The molecule has 3 heterocycles. The van der Waals surface area contributed by atoms with E-state index in [0.29, 0.717) is 11.5 Å². The smallest absolute Gasteiger partial charge is 0.330 e. The summed E-state index contributed by atoms with van der Waals surface area (Å²) in [5, 5.41) is 23.9. The summed E-state index contributed by atoms with van der Waals surface area (Å²) in [6, 6.07) is 12.3. The van der Waals surface area contributed by atoms with Gasteiger partial charge in [0.15, 0.2) is 12.0 Å². The van der Waals surface area contributed by atoms with E-state index in [1.165, 1.54) is 6.20 Å². The first-order chi connectivity index (χ1) is 14.1. The van der Waals surface area contributed by atoms with Gasteiger partial charge in [0.2, 0.25) is 0 Å². The summed E-state index contributed by atoms with van der Waals surface area (Å²) in [6.45, 7) is -0.506. The van der Waals surface area contributed by atoms with Crippen LogP contribution >= 0.6 is 0 Å². The maximum absolute atomic E-state index is 12.1. The monoisotopic (exact) mass is 401 g/mol. The molecule has 0 spiro atoms. The molecule has 1 aliphatic heterocycles. The van der Waals surface area contributed by atoms with E-state index in [4.69, 9.17) is 14.0 Å². The van der Waals surface area contributed by atoms with Crippen LogP contribution in [0, 0.1) is 0 Å². The van der Waals surface area contributed by atoms with Gasteiger partial charge in [0.25, 0.3) is 5.56 Å².